The molecule has 1 aromatic carbocycles. The minimum atomic E-state index is 0.00938. The van der Waals surface area contributed by atoms with Gasteiger partial charge in [-0.3, -0.25) is 4.79 Å². The van der Waals surface area contributed by atoms with Crippen LogP contribution in [0.5, 0.6) is 0 Å². The van der Waals surface area contributed by atoms with Gasteiger partial charge in [-0.1, -0.05) is 27.5 Å². The second-order valence-electron chi connectivity index (χ2n) is 5.29. The SMILES string of the molecule is Cc1cc(Cl)ccc1C(=O)NCC1CCC(Br)CC1. The number of hydrogen-bond acceptors (Lipinski definition) is 1. The van der Waals surface area contributed by atoms with Gasteiger partial charge in [0, 0.05) is 22.0 Å². The van der Waals surface area contributed by atoms with Crippen LogP contribution in [0.25, 0.3) is 0 Å². The molecule has 19 heavy (non-hydrogen) atoms. The molecule has 1 amide bonds. The van der Waals surface area contributed by atoms with Crippen LogP contribution in [0.2, 0.25) is 5.02 Å². The van der Waals surface area contributed by atoms with Gasteiger partial charge in [-0.25, -0.2) is 0 Å². The number of alkyl halides is 1. The zero-order valence-corrected chi connectivity index (χ0v) is 13.4. The Labute approximate surface area is 128 Å². The molecule has 1 aliphatic carbocycles. The fraction of sp³-hybridized carbons (Fsp3) is 0.533. The number of benzene rings is 1. The standard InChI is InChI=1S/C15H19BrClNO/c1-10-8-13(17)6-7-14(10)15(19)18-9-11-2-4-12(16)5-3-11/h6-8,11-12H,2-5,9H2,1H3,(H,18,19). The van der Waals surface area contributed by atoms with E-state index in [0.29, 0.717) is 15.8 Å². The first kappa shape index (κ1) is 14.9. The second kappa shape index (κ2) is 6.76. The third-order valence-corrected chi connectivity index (χ3v) is 4.91. The van der Waals surface area contributed by atoms with Gasteiger partial charge in [-0.2, -0.15) is 0 Å². The summed E-state index contributed by atoms with van der Waals surface area (Å²) in [7, 11) is 0. The van der Waals surface area contributed by atoms with E-state index in [2.05, 4.69) is 21.2 Å². The average Bonchev–Trinajstić information content (AvgIpc) is 2.37. The van der Waals surface area contributed by atoms with Gasteiger partial charge in [-0.05, 0) is 62.3 Å². The Morgan fingerprint density at radius 1 is 1.37 bits per heavy atom. The van der Waals surface area contributed by atoms with Crippen molar-refractivity contribution < 1.29 is 4.79 Å². The number of carbonyl (C=O) groups excluding carboxylic acids is 1. The van der Waals surface area contributed by atoms with Crippen LogP contribution in [0.4, 0.5) is 0 Å². The van der Waals surface area contributed by atoms with E-state index in [1.807, 2.05) is 13.0 Å². The quantitative estimate of drug-likeness (QED) is 0.812. The molecule has 2 rings (SSSR count). The first-order valence-electron chi connectivity index (χ1n) is 6.74. The van der Waals surface area contributed by atoms with Crippen molar-refractivity contribution in [1.29, 1.82) is 0 Å². The molecule has 0 aliphatic heterocycles. The van der Waals surface area contributed by atoms with E-state index in [9.17, 15) is 4.79 Å². The highest BCUT2D eigenvalue weighted by molar-refractivity contribution is 9.09. The van der Waals surface area contributed by atoms with Crippen molar-refractivity contribution in [3.05, 3.63) is 34.3 Å². The van der Waals surface area contributed by atoms with Crippen molar-refractivity contribution in [1.82, 2.24) is 5.32 Å². The monoisotopic (exact) mass is 343 g/mol. The molecule has 1 saturated carbocycles. The van der Waals surface area contributed by atoms with Crippen molar-refractivity contribution in [2.45, 2.75) is 37.4 Å². The van der Waals surface area contributed by atoms with Crippen LogP contribution < -0.4 is 5.32 Å². The molecular formula is C15H19BrClNO. The van der Waals surface area contributed by atoms with Gasteiger partial charge in [0.1, 0.15) is 0 Å². The summed E-state index contributed by atoms with van der Waals surface area (Å²) < 4.78 is 0. The molecule has 0 bridgehead atoms. The van der Waals surface area contributed by atoms with Crippen LogP contribution in [-0.4, -0.2) is 17.3 Å². The molecule has 2 nitrogen and oxygen atoms in total. The molecule has 0 saturated heterocycles. The maximum atomic E-state index is 12.1. The number of hydrogen-bond donors (Lipinski definition) is 1. The van der Waals surface area contributed by atoms with Gasteiger partial charge in [0.2, 0.25) is 0 Å². The van der Waals surface area contributed by atoms with E-state index in [-0.39, 0.29) is 5.91 Å². The minimum absolute atomic E-state index is 0.00938. The van der Waals surface area contributed by atoms with Crippen LogP contribution >= 0.6 is 27.5 Å². The Hall–Kier alpha value is -0.540. The van der Waals surface area contributed by atoms with Crippen LogP contribution in [-0.2, 0) is 0 Å². The lowest BCUT2D eigenvalue weighted by Gasteiger charge is -2.25. The predicted molar refractivity (Wildman–Crippen MR) is 83.2 cm³/mol. The van der Waals surface area contributed by atoms with Crippen molar-refractivity contribution in [2.75, 3.05) is 6.54 Å². The maximum Gasteiger partial charge on any atom is 0.251 e. The molecule has 0 spiro atoms. The smallest absolute Gasteiger partial charge is 0.251 e. The number of rotatable bonds is 3. The van der Waals surface area contributed by atoms with Crippen molar-refractivity contribution in [3.8, 4) is 0 Å². The summed E-state index contributed by atoms with van der Waals surface area (Å²) >= 11 is 9.55. The number of carbonyl (C=O) groups is 1. The average molecular weight is 345 g/mol. The Balaban J connectivity index is 1.87. The summed E-state index contributed by atoms with van der Waals surface area (Å²) in [5.41, 5.74) is 1.65. The normalized spacial score (nSPS) is 23.1. The minimum Gasteiger partial charge on any atom is -0.352 e. The zero-order valence-electron chi connectivity index (χ0n) is 11.1. The molecule has 1 N–H and O–H groups in total. The summed E-state index contributed by atoms with van der Waals surface area (Å²) in [5, 5.41) is 3.72. The molecule has 0 aromatic heterocycles. The summed E-state index contributed by atoms with van der Waals surface area (Å²) in [6, 6.07) is 5.38. The van der Waals surface area contributed by atoms with E-state index < -0.39 is 0 Å². The lowest BCUT2D eigenvalue weighted by molar-refractivity contribution is 0.0943. The lowest BCUT2D eigenvalue weighted by Crippen LogP contribution is -2.31. The van der Waals surface area contributed by atoms with Crippen LogP contribution in [0.1, 0.15) is 41.6 Å². The molecule has 4 heteroatoms. The van der Waals surface area contributed by atoms with Crippen molar-refractivity contribution in [2.24, 2.45) is 5.92 Å². The number of nitrogens with one attached hydrogen (secondary N) is 1. The van der Waals surface area contributed by atoms with E-state index in [4.69, 9.17) is 11.6 Å². The number of halogens is 2. The lowest BCUT2D eigenvalue weighted by atomic mass is 9.89. The van der Waals surface area contributed by atoms with Gasteiger partial charge < -0.3 is 5.32 Å². The highest BCUT2D eigenvalue weighted by atomic mass is 79.9. The van der Waals surface area contributed by atoms with E-state index in [1.54, 1.807) is 12.1 Å². The Bertz CT molecular complexity index is 455. The molecule has 0 heterocycles. The summed E-state index contributed by atoms with van der Waals surface area (Å²) in [4.78, 5) is 12.8. The van der Waals surface area contributed by atoms with Gasteiger partial charge in [0.05, 0.1) is 0 Å². The second-order valence-corrected chi connectivity index (χ2v) is 7.02. The Morgan fingerprint density at radius 3 is 2.68 bits per heavy atom. The fourth-order valence-corrected chi connectivity index (χ4v) is 3.30. The van der Waals surface area contributed by atoms with Crippen molar-refractivity contribution >= 4 is 33.4 Å². The van der Waals surface area contributed by atoms with E-state index in [0.717, 1.165) is 17.7 Å². The van der Waals surface area contributed by atoms with Gasteiger partial charge in [0.25, 0.3) is 5.91 Å². The maximum absolute atomic E-state index is 12.1. The molecule has 0 unspecified atom stereocenters. The Kier molecular flexibility index (Phi) is 5.28. The van der Waals surface area contributed by atoms with Gasteiger partial charge >= 0.3 is 0 Å². The molecule has 1 fully saturated rings. The summed E-state index contributed by atoms with van der Waals surface area (Å²) in [6.07, 6.45) is 4.80. The van der Waals surface area contributed by atoms with Gasteiger partial charge in [0.15, 0.2) is 0 Å². The molecule has 1 aromatic rings. The molecule has 0 radical (unpaired) electrons. The third kappa shape index (κ3) is 4.22. The van der Waals surface area contributed by atoms with E-state index >= 15 is 0 Å². The molecule has 1 aliphatic rings. The molecule has 0 atom stereocenters. The van der Waals surface area contributed by atoms with Crippen LogP contribution in [0, 0.1) is 12.8 Å². The summed E-state index contributed by atoms with van der Waals surface area (Å²) in [6.45, 7) is 2.69. The topological polar surface area (TPSA) is 29.1 Å². The first-order valence-corrected chi connectivity index (χ1v) is 8.04. The van der Waals surface area contributed by atoms with Crippen LogP contribution in [0.15, 0.2) is 18.2 Å². The van der Waals surface area contributed by atoms with E-state index in [1.165, 1.54) is 25.7 Å². The first-order chi connectivity index (χ1) is 9.06. The molecular weight excluding hydrogens is 326 g/mol. The largest absolute Gasteiger partial charge is 0.352 e. The van der Waals surface area contributed by atoms with Gasteiger partial charge in [-0.15, -0.1) is 0 Å². The zero-order chi connectivity index (χ0) is 13.8. The fourth-order valence-electron chi connectivity index (χ4n) is 2.54. The Morgan fingerprint density at radius 2 is 2.05 bits per heavy atom. The van der Waals surface area contributed by atoms with Crippen molar-refractivity contribution in [3.63, 3.8) is 0 Å². The summed E-state index contributed by atoms with van der Waals surface area (Å²) in [5.74, 6) is 0.625. The predicted octanol–water partition coefficient (Wildman–Crippen LogP) is 4.33. The highest BCUT2D eigenvalue weighted by Crippen LogP contribution is 2.28. The van der Waals surface area contributed by atoms with Crippen LogP contribution in [0.3, 0.4) is 0 Å². The number of amides is 1. The highest BCUT2D eigenvalue weighted by Gasteiger charge is 2.20. The third-order valence-electron chi connectivity index (χ3n) is 3.76. The molecule has 104 valence electrons. The number of aryl methyl sites for hydroxylation is 1.